The van der Waals surface area contributed by atoms with E-state index in [1.165, 1.54) is 0 Å². The van der Waals surface area contributed by atoms with Gasteiger partial charge in [-0.2, -0.15) is 0 Å². The zero-order chi connectivity index (χ0) is 8.27. The molecule has 0 saturated carbocycles. The first-order valence-corrected chi connectivity index (χ1v) is 4.49. The molecule has 11 heavy (non-hydrogen) atoms. The van der Waals surface area contributed by atoms with Crippen LogP contribution in [0.25, 0.3) is 0 Å². The summed E-state index contributed by atoms with van der Waals surface area (Å²) in [7, 11) is 0. The molecule has 0 unspecified atom stereocenters. The van der Waals surface area contributed by atoms with Crippen LogP contribution in [-0.4, -0.2) is 17.3 Å². The van der Waals surface area contributed by atoms with E-state index in [0.29, 0.717) is 6.54 Å². The second-order valence-electron chi connectivity index (χ2n) is 2.26. The van der Waals surface area contributed by atoms with Crippen LogP contribution in [0.3, 0.4) is 0 Å². The van der Waals surface area contributed by atoms with Gasteiger partial charge in [0, 0.05) is 12.3 Å². The van der Waals surface area contributed by atoms with Crippen molar-refractivity contribution < 1.29 is 4.42 Å². The van der Waals surface area contributed by atoms with E-state index in [9.17, 15) is 0 Å². The SMILES string of the molecule is Cc1nc(SCCN)oc1C. The maximum absolute atomic E-state index is 5.33. The predicted molar refractivity (Wildman–Crippen MR) is 45.8 cm³/mol. The Kier molecular flexibility index (Phi) is 2.96. The number of nitrogens with zero attached hydrogens (tertiary/aromatic N) is 1. The molecule has 0 saturated heterocycles. The van der Waals surface area contributed by atoms with Gasteiger partial charge in [-0.25, -0.2) is 4.98 Å². The van der Waals surface area contributed by atoms with Crippen LogP contribution in [0, 0.1) is 13.8 Å². The molecule has 1 aromatic heterocycles. The number of thioether (sulfide) groups is 1. The summed E-state index contributed by atoms with van der Waals surface area (Å²) in [6.07, 6.45) is 0. The summed E-state index contributed by atoms with van der Waals surface area (Å²) >= 11 is 1.55. The van der Waals surface area contributed by atoms with E-state index in [4.69, 9.17) is 10.2 Å². The highest BCUT2D eigenvalue weighted by Crippen LogP contribution is 2.18. The summed E-state index contributed by atoms with van der Waals surface area (Å²) in [5, 5.41) is 0.727. The van der Waals surface area contributed by atoms with E-state index in [0.717, 1.165) is 22.4 Å². The van der Waals surface area contributed by atoms with E-state index in [1.54, 1.807) is 11.8 Å². The molecular formula is C7H12N2OS. The van der Waals surface area contributed by atoms with Crippen molar-refractivity contribution in [3.05, 3.63) is 11.5 Å². The number of rotatable bonds is 3. The largest absolute Gasteiger partial charge is 0.437 e. The molecule has 2 N–H and O–H groups in total. The summed E-state index contributed by atoms with van der Waals surface area (Å²) in [6.45, 7) is 4.51. The smallest absolute Gasteiger partial charge is 0.256 e. The molecule has 0 amide bonds. The highest BCUT2D eigenvalue weighted by atomic mass is 32.2. The first-order valence-electron chi connectivity index (χ1n) is 3.51. The fraction of sp³-hybridized carbons (Fsp3) is 0.571. The van der Waals surface area contributed by atoms with Crippen LogP contribution in [0.5, 0.6) is 0 Å². The molecule has 0 aliphatic carbocycles. The zero-order valence-electron chi connectivity index (χ0n) is 6.76. The van der Waals surface area contributed by atoms with Gasteiger partial charge in [-0.05, 0) is 13.8 Å². The van der Waals surface area contributed by atoms with E-state index in [1.807, 2.05) is 13.8 Å². The molecule has 0 aliphatic rings. The summed E-state index contributed by atoms with van der Waals surface area (Å²) in [4.78, 5) is 4.19. The number of hydrogen-bond donors (Lipinski definition) is 1. The topological polar surface area (TPSA) is 52.0 Å². The number of oxazole rings is 1. The van der Waals surface area contributed by atoms with Crippen molar-refractivity contribution >= 4 is 11.8 Å². The molecule has 0 aromatic carbocycles. The molecule has 1 heterocycles. The number of aryl methyl sites for hydroxylation is 2. The van der Waals surface area contributed by atoms with Gasteiger partial charge in [0.25, 0.3) is 5.22 Å². The van der Waals surface area contributed by atoms with Gasteiger partial charge in [0.2, 0.25) is 0 Å². The Morgan fingerprint density at radius 3 is 2.73 bits per heavy atom. The molecule has 62 valence electrons. The minimum absolute atomic E-state index is 0.658. The standard InChI is InChI=1S/C7H12N2OS/c1-5-6(2)10-7(9-5)11-4-3-8/h3-4,8H2,1-2H3. The average Bonchev–Trinajstić information content (AvgIpc) is 2.28. The molecule has 1 aromatic rings. The second-order valence-corrected chi connectivity index (χ2v) is 3.30. The molecular weight excluding hydrogens is 160 g/mol. The quantitative estimate of drug-likeness (QED) is 0.699. The third-order valence-electron chi connectivity index (χ3n) is 1.35. The minimum Gasteiger partial charge on any atom is -0.437 e. The molecule has 3 nitrogen and oxygen atoms in total. The Labute approximate surface area is 70.4 Å². The van der Waals surface area contributed by atoms with Crippen molar-refractivity contribution in [2.24, 2.45) is 5.73 Å². The van der Waals surface area contributed by atoms with Crippen molar-refractivity contribution in [3.63, 3.8) is 0 Å². The van der Waals surface area contributed by atoms with E-state index in [2.05, 4.69) is 4.98 Å². The summed E-state index contributed by atoms with van der Waals surface area (Å²) < 4.78 is 5.31. The molecule has 0 atom stereocenters. The van der Waals surface area contributed by atoms with Crippen LogP contribution in [0.1, 0.15) is 11.5 Å². The van der Waals surface area contributed by atoms with Crippen LogP contribution in [0.15, 0.2) is 9.64 Å². The van der Waals surface area contributed by atoms with E-state index < -0.39 is 0 Å². The van der Waals surface area contributed by atoms with Gasteiger partial charge in [-0.1, -0.05) is 11.8 Å². The Balaban J connectivity index is 2.58. The second kappa shape index (κ2) is 3.78. The van der Waals surface area contributed by atoms with Gasteiger partial charge >= 0.3 is 0 Å². The minimum atomic E-state index is 0.658. The monoisotopic (exact) mass is 172 g/mol. The van der Waals surface area contributed by atoms with Gasteiger partial charge in [0.1, 0.15) is 5.76 Å². The molecule has 0 spiro atoms. The molecule has 4 heteroatoms. The van der Waals surface area contributed by atoms with E-state index >= 15 is 0 Å². The van der Waals surface area contributed by atoms with Gasteiger partial charge in [-0.3, -0.25) is 0 Å². The Bertz CT molecular complexity index is 215. The van der Waals surface area contributed by atoms with Gasteiger partial charge < -0.3 is 10.2 Å². The number of aromatic nitrogens is 1. The van der Waals surface area contributed by atoms with Gasteiger partial charge in [-0.15, -0.1) is 0 Å². The van der Waals surface area contributed by atoms with Crippen LogP contribution in [-0.2, 0) is 0 Å². The Morgan fingerprint density at radius 1 is 1.55 bits per heavy atom. The maximum Gasteiger partial charge on any atom is 0.256 e. The first-order chi connectivity index (χ1) is 5.24. The highest BCUT2D eigenvalue weighted by molar-refractivity contribution is 7.99. The normalized spacial score (nSPS) is 10.5. The van der Waals surface area contributed by atoms with Crippen molar-refractivity contribution in [2.45, 2.75) is 19.1 Å². The lowest BCUT2D eigenvalue weighted by Gasteiger charge is -1.89. The summed E-state index contributed by atoms with van der Waals surface area (Å²) in [5.74, 6) is 1.75. The Morgan fingerprint density at radius 2 is 2.27 bits per heavy atom. The zero-order valence-corrected chi connectivity index (χ0v) is 7.57. The van der Waals surface area contributed by atoms with Gasteiger partial charge in [0.15, 0.2) is 0 Å². The maximum atomic E-state index is 5.33. The lowest BCUT2D eigenvalue weighted by molar-refractivity contribution is 0.431. The highest BCUT2D eigenvalue weighted by Gasteiger charge is 2.04. The fourth-order valence-corrected chi connectivity index (χ4v) is 1.33. The average molecular weight is 172 g/mol. The molecule has 1 rings (SSSR count). The van der Waals surface area contributed by atoms with Crippen molar-refractivity contribution in [1.29, 1.82) is 0 Å². The van der Waals surface area contributed by atoms with E-state index in [-0.39, 0.29) is 0 Å². The lowest BCUT2D eigenvalue weighted by atomic mass is 10.4. The lowest BCUT2D eigenvalue weighted by Crippen LogP contribution is -2.00. The molecule has 0 radical (unpaired) electrons. The predicted octanol–water partition coefficient (Wildman–Crippen LogP) is 1.34. The van der Waals surface area contributed by atoms with Crippen molar-refractivity contribution in [1.82, 2.24) is 4.98 Å². The third-order valence-corrected chi connectivity index (χ3v) is 2.21. The first kappa shape index (κ1) is 8.62. The van der Waals surface area contributed by atoms with Crippen molar-refractivity contribution in [2.75, 3.05) is 12.3 Å². The number of nitrogens with two attached hydrogens (primary N) is 1. The third kappa shape index (κ3) is 2.24. The fourth-order valence-electron chi connectivity index (χ4n) is 0.651. The van der Waals surface area contributed by atoms with Crippen LogP contribution in [0.2, 0.25) is 0 Å². The molecule has 0 aliphatic heterocycles. The number of hydrogen-bond acceptors (Lipinski definition) is 4. The Hall–Kier alpha value is -0.480. The van der Waals surface area contributed by atoms with Gasteiger partial charge in [0.05, 0.1) is 5.69 Å². The van der Waals surface area contributed by atoms with Crippen LogP contribution < -0.4 is 5.73 Å². The van der Waals surface area contributed by atoms with Crippen LogP contribution >= 0.6 is 11.8 Å². The summed E-state index contributed by atoms with van der Waals surface area (Å²) in [6, 6.07) is 0. The van der Waals surface area contributed by atoms with Crippen molar-refractivity contribution in [3.8, 4) is 0 Å². The molecule has 0 bridgehead atoms. The molecule has 0 fully saturated rings. The summed E-state index contributed by atoms with van der Waals surface area (Å²) in [5.41, 5.74) is 6.29. The van der Waals surface area contributed by atoms with Crippen LogP contribution in [0.4, 0.5) is 0 Å².